The van der Waals surface area contributed by atoms with Gasteiger partial charge in [-0.3, -0.25) is 0 Å². The lowest BCUT2D eigenvalue weighted by Crippen LogP contribution is -2.44. The Morgan fingerprint density at radius 2 is 1.88 bits per heavy atom. The van der Waals surface area contributed by atoms with Gasteiger partial charge < -0.3 is 10.1 Å². The summed E-state index contributed by atoms with van der Waals surface area (Å²) in [6.07, 6.45) is -12.9. The lowest BCUT2D eigenvalue weighted by molar-refractivity contribution is -0.205. The molecule has 1 heterocycles. The van der Waals surface area contributed by atoms with Crippen LogP contribution < -0.4 is 5.32 Å². The van der Waals surface area contributed by atoms with Crippen molar-refractivity contribution in [1.29, 1.82) is 5.26 Å². The second-order valence-corrected chi connectivity index (χ2v) is 8.47. The van der Waals surface area contributed by atoms with E-state index in [1.807, 2.05) is 6.07 Å². The zero-order valence-corrected chi connectivity index (χ0v) is 18.4. The molecule has 4 nitrogen and oxygen atoms in total. The number of halogens is 7. The van der Waals surface area contributed by atoms with Crippen LogP contribution in [0.25, 0.3) is 0 Å². The monoisotopic (exact) mass is 484 g/mol. The number of nitrogens with zero attached hydrogens (tertiary/aromatic N) is 1. The highest BCUT2D eigenvalue weighted by molar-refractivity contribution is 5.91. The number of nitrogens with one attached hydrogen (secondary N) is 1. The number of esters is 1. The first-order valence-corrected chi connectivity index (χ1v) is 10.9. The summed E-state index contributed by atoms with van der Waals surface area (Å²) in [5.74, 6) is -5.68. The smallest absolute Gasteiger partial charge is 0.392 e. The van der Waals surface area contributed by atoms with Crippen molar-refractivity contribution in [2.75, 3.05) is 6.61 Å². The van der Waals surface area contributed by atoms with E-state index in [1.54, 1.807) is 6.92 Å². The molecule has 0 spiro atoms. The van der Waals surface area contributed by atoms with E-state index >= 15 is 0 Å². The molecule has 1 N–H and O–H groups in total. The van der Waals surface area contributed by atoms with Crippen LogP contribution in [0, 0.1) is 29.1 Å². The third kappa shape index (κ3) is 6.87. The zero-order chi connectivity index (χ0) is 25.0. The molecule has 0 aromatic rings. The highest BCUT2D eigenvalue weighted by atomic mass is 19.4. The summed E-state index contributed by atoms with van der Waals surface area (Å²) in [5, 5.41) is 12.6. The van der Waals surface area contributed by atoms with E-state index in [2.05, 4.69) is 5.32 Å². The van der Waals surface area contributed by atoms with E-state index in [0.717, 1.165) is 0 Å². The molecular weight excluding hydrogens is 457 g/mol. The van der Waals surface area contributed by atoms with Crippen molar-refractivity contribution in [3.63, 3.8) is 0 Å². The van der Waals surface area contributed by atoms with Crippen molar-refractivity contribution in [2.24, 2.45) is 17.8 Å². The maximum absolute atomic E-state index is 13.9. The molecule has 1 aliphatic carbocycles. The van der Waals surface area contributed by atoms with Gasteiger partial charge in [0.1, 0.15) is 6.17 Å². The van der Waals surface area contributed by atoms with Gasteiger partial charge >= 0.3 is 18.3 Å². The van der Waals surface area contributed by atoms with Crippen molar-refractivity contribution in [2.45, 2.75) is 77.3 Å². The first kappa shape index (κ1) is 27.0. The number of alkyl halides is 7. The number of hydrogen-bond donors (Lipinski definition) is 1. The standard InChI is InChI=1S/C22H27F7N2O2/c1-3-5-17-19(20(32)33-9-4-8-21(24,25)26)18(15(11-30)12(2)31-17)14-7-6-13(23)10-16(14)22(27,28)29/h13-14,16,18,31H,3-10H2,1-2H3. The predicted molar refractivity (Wildman–Crippen MR) is 105 cm³/mol. The molecule has 33 heavy (non-hydrogen) atoms. The average Bonchev–Trinajstić information content (AvgIpc) is 2.69. The van der Waals surface area contributed by atoms with Crippen LogP contribution in [-0.4, -0.2) is 31.1 Å². The quantitative estimate of drug-likeness (QED) is 0.263. The van der Waals surface area contributed by atoms with Gasteiger partial charge in [-0.25, -0.2) is 9.18 Å². The van der Waals surface area contributed by atoms with Crippen LogP contribution in [0.5, 0.6) is 0 Å². The summed E-state index contributed by atoms with van der Waals surface area (Å²) < 4.78 is 97.7. The van der Waals surface area contributed by atoms with Crippen molar-refractivity contribution in [1.82, 2.24) is 5.32 Å². The Balaban J connectivity index is 2.45. The Morgan fingerprint density at radius 3 is 2.42 bits per heavy atom. The van der Waals surface area contributed by atoms with Crippen molar-refractivity contribution >= 4 is 5.97 Å². The molecule has 2 rings (SSSR count). The molecule has 1 saturated carbocycles. The maximum Gasteiger partial charge on any atom is 0.392 e. The number of allylic oxidation sites excluding steroid dienone is 3. The van der Waals surface area contributed by atoms with Crippen molar-refractivity contribution in [3.8, 4) is 6.07 Å². The van der Waals surface area contributed by atoms with Crippen LogP contribution in [-0.2, 0) is 9.53 Å². The summed E-state index contributed by atoms with van der Waals surface area (Å²) in [7, 11) is 0. The third-order valence-corrected chi connectivity index (χ3v) is 6.06. The Labute approximate surface area is 187 Å². The van der Waals surface area contributed by atoms with Gasteiger partial charge in [-0.05, 0) is 44.9 Å². The Kier molecular flexibility index (Phi) is 8.82. The van der Waals surface area contributed by atoms with E-state index in [0.29, 0.717) is 12.1 Å². The average molecular weight is 484 g/mol. The van der Waals surface area contributed by atoms with Crippen molar-refractivity contribution < 1.29 is 40.3 Å². The lowest BCUT2D eigenvalue weighted by Gasteiger charge is -2.42. The zero-order valence-electron chi connectivity index (χ0n) is 18.4. The minimum absolute atomic E-state index is 0.0753. The number of nitriles is 1. The van der Waals surface area contributed by atoms with Gasteiger partial charge in [0.2, 0.25) is 0 Å². The largest absolute Gasteiger partial charge is 0.462 e. The molecule has 0 amide bonds. The van der Waals surface area contributed by atoms with Crippen LogP contribution in [0.3, 0.4) is 0 Å². The molecule has 0 aromatic heterocycles. The second-order valence-electron chi connectivity index (χ2n) is 8.47. The third-order valence-electron chi connectivity index (χ3n) is 6.06. The molecule has 1 fully saturated rings. The first-order valence-electron chi connectivity index (χ1n) is 10.9. The molecule has 186 valence electrons. The molecule has 0 saturated heterocycles. The van der Waals surface area contributed by atoms with E-state index in [9.17, 15) is 40.8 Å². The fourth-order valence-corrected chi connectivity index (χ4v) is 4.64. The first-order chi connectivity index (χ1) is 15.3. The SMILES string of the molecule is CCCC1=C(C(=O)OCCCC(F)(F)F)C(C2CCC(F)CC2C(F)(F)F)C(C#N)=C(C)N1. The molecule has 4 atom stereocenters. The molecule has 4 unspecified atom stereocenters. The Hall–Kier alpha value is -2.25. The van der Waals surface area contributed by atoms with Gasteiger partial charge in [0.25, 0.3) is 0 Å². The maximum atomic E-state index is 13.9. The topological polar surface area (TPSA) is 62.1 Å². The highest BCUT2D eigenvalue weighted by Crippen LogP contribution is 2.50. The summed E-state index contributed by atoms with van der Waals surface area (Å²) in [6, 6.07) is 1.88. The minimum atomic E-state index is -4.75. The van der Waals surface area contributed by atoms with Gasteiger partial charge in [-0.15, -0.1) is 0 Å². The number of carbonyl (C=O) groups excluding carboxylic acids is 1. The molecule has 2 aliphatic rings. The van der Waals surface area contributed by atoms with Crippen LogP contribution in [0.4, 0.5) is 30.7 Å². The molecule has 11 heteroatoms. The summed E-state index contributed by atoms with van der Waals surface area (Å²) in [6.45, 7) is 2.72. The fourth-order valence-electron chi connectivity index (χ4n) is 4.64. The van der Waals surface area contributed by atoms with Gasteiger partial charge in [0.15, 0.2) is 0 Å². The minimum Gasteiger partial charge on any atom is -0.462 e. The lowest BCUT2D eigenvalue weighted by atomic mass is 9.65. The number of rotatable bonds is 7. The summed E-state index contributed by atoms with van der Waals surface area (Å²) in [4.78, 5) is 13.0. The van der Waals surface area contributed by atoms with Crippen LogP contribution in [0.2, 0.25) is 0 Å². The fraction of sp³-hybridized carbons (Fsp3) is 0.727. The van der Waals surface area contributed by atoms with Crippen molar-refractivity contribution in [3.05, 3.63) is 22.5 Å². The number of dihydropyridines is 1. The van der Waals surface area contributed by atoms with E-state index in [-0.39, 0.29) is 36.1 Å². The van der Waals surface area contributed by atoms with Crippen LogP contribution in [0.15, 0.2) is 22.5 Å². The van der Waals surface area contributed by atoms with Gasteiger partial charge in [0.05, 0.1) is 29.7 Å². The Morgan fingerprint density at radius 1 is 1.21 bits per heavy atom. The number of carbonyl (C=O) groups is 1. The van der Waals surface area contributed by atoms with Crippen LogP contribution in [0.1, 0.15) is 58.8 Å². The normalized spacial score (nSPS) is 26.7. The summed E-state index contributed by atoms with van der Waals surface area (Å²) in [5.41, 5.74) is 0.321. The second kappa shape index (κ2) is 10.8. The number of hydrogen-bond acceptors (Lipinski definition) is 4. The van der Waals surface area contributed by atoms with Gasteiger partial charge in [-0.2, -0.15) is 31.6 Å². The number of ether oxygens (including phenoxy) is 1. The highest BCUT2D eigenvalue weighted by Gasteiger charge is 2.53. The van der Waals surface area contributed by atoms with Gasteiger partial charge in [-0.1, -0.05) is 13.3 Å². The molecular formula is C22H27F7N2O2. The molecule has 0 bridgehead atoms. The van der Waals surface area contributed by atoms with E-state index in [1.165, 1.54) is 6.92 Å². The predicted octanol–water partition coefficient (Wildman–Crippen LogP) is 6.26. The van der Waals surface area contributed by atoms with Gasteiger partial charge in [0, 0.05) is 23.7 Å². The summed E-state index contributed by atoms with van der Waals surface area (Å²) >= 11 is 0. The van der Waals surface area contributed by atoms with E-state index in [4.69, 9.17) is 4.74 Å². The Bertz CT molecular complexity index is 824. The molecule has 0 radical (unpaired) electrons. The molecule has 1 aliphatic heterocycles. The van der Waals surface area contributed by atoms with Crippen LogP contribution >= 0.6 is 0 Å². The molecule has 0 aromatic carbocycles. The van der Waals surface area contributed by atoms with E-state index < -0.39 is 68.1 Å².